The molecular weight excluding hydrogens is 429 g/mol. The number of piperidine rings is 2. The highest BCUT2D eigenvalue weighted by Gasteiger charge is 2.37. The van der Waals surface area contributed by atoms with Gasteiger partial charge in [0.05, 0.1) is 17.4 Å². The fraction of sp³-hybridized carbons (Fsp3) is 0.682. The van der Waals surface area contributed by atoms with Crippen LogP contribution in [-0.4, -0.2) is 48.9 Å². The van der Waals surface area contributed by atoms with E-state index in [0.717, 1.165) is 43.4 Å². The van der Waals surface area contributed by atoms with Gasteiger partial charge in [0.25, 0.3) is 0 Å². The maximum atomic E-state index is 13.3. The molecular formula is C22H31F3N2O3S. The molecule has 3 rings (SSSR count). The first-order chi connectivity index (χ1) is 14.6. The van der Waals surface area contributed by atoms with Gasteiger partial charge in [0, 0.05) is 25.6 Å². The maximum Gasteiger partial charge on any atom is 0.416 e. The Bertz CT molecular complexity index is 848. The summed E-state index contributed by atoms with van der Waals surface area (Å²) in [7, 11) is -3.27. The highest BCUT2D eigenvalue weighted by molar-refractivity contribution is 7.89. The molecule has 31 heavy (non-hydrogen) atoms. The third kappa shape index (κ3) is 5.80. The van der Waals surface area contributed by atoms with Crippen molar-refractivity contribution in [2.24, 2.45) is 5.92 Å². The number of hydrogen-bond acceptors (Lipinski definition) is 3. The number of rotatable bonds is 6. The summed E-state index contributed by atoms with van der Waals surface area (Å²) >= 11 is 0. The van der Waals surface area contributed by atoms with E-state index >= 15 is 0 Å². The average Bonchev–Trinajstić information content (AvgIpc) is 2.77. The van der Waals surface area contributed by atoms with Gasteiger partial charge in [-0.25, -0.2) is 12.7 Å². The van der Waals surface area contributed by atoms with Crippen LogP contribution in [0.15, 0.2) is 24.3 Å². The Balaban J connectivity index is 1.66. The standard InChI is InChI=1S/C22H31F3N2O3S/c1-2-3-16-31(29,30)26-14-11-18(12-15-26)21(28)27-13-5-4-6-20(27)17-7-9-19(10-8-17)22(23,24)25/h7-10,18,20H,2-6,11-16H2,1H3. The molecule has 2 saturated heterocycles. The number of likely N-dealkylation sites (tertiary alicyclic amines) is 1. The summed E-state index contributed by atoms with van der Waals surface area (Å²) in [6.07, 6.45) is 0.545. The minimum Gasteiger partial charge on any atom is -0.335 e. The van der Waals surface area contributed by atoms with Gasteiger partial charge in [0.2, 0.25) is 15.9 Å². The van der Waals surface area contributed by atoms with Gasteiger partial charge in [-0.2, -0.15) is 13.2 Å². The third-order valence-electron chi connectivity index (χ3n) is 6.36. The van der Waals surface area contributed by atoms with E-state index in [1.807, 2.05) is 6.92 Å². The Labute approximate surface area is 182 Å². The Morgan fingerprint density at radius 1 is 1.03 bits per heavy atom. The zero-order valence-electron chi connectivity index (χ0n) is 17.9. The van der Waals surface area contributed by atoms with Gasteiger partial charge in [-0.1, -0.05) is 25.5 Å². The van der Waals surface area contributed by atoms with E-state index in [0.29, 0.717) is 38.9 Å². The lowest BCUT2D eigenvalue weighted by Gasteiger charge is -2.40. The first-order valence-electron chi connectivity index (χ1n) is 11.1. The first kappa shape index (κ1) is 24.0. The Kier molecular flexibility index (Phi) is 7.68. The Morgan fingerprint density at radius 3 is 2.26 bits per heavy atom. The summed E-state index contributed by atoms with van der Waals surface area (Å²) in [6.45, 7) is 3.23. The number of nitrogens with zero attached hydrogens (tertiary/aromatic N) is 2. The molecule has 0 radical (unpaired) electrons. The lowest BCUT2D eigenvalue weighted by Crippen LogP contribution is -2.47. The Hall–Kier alpha value is -1.61. The van der Waals surface area contributed by atoms with Crippen LogP contribution in [0.2, 0.25) is 0 Å². The van der Waals surface area contributed by atoms with Gasteiger partial charge in [0.1, 0.15) is 0 Å². The van der Waals surface area contributed by atoms with E-state index in [1.165, 1.54) is 16.4 Å². The van der Waals surface area contributed by atoms with Crippen molar-refractivity contribution in [2.45, 2.75) is 64.1 Å². The summed E-state index contributed by atoms with van der Waals surface area (Å²) in [5, 5.41) is 0. The molecule has 0 aliphatic carbocycles. The summed E-state index contributed by atoms with van der Waals surface area (Å²) < 4.78 is 65.0. The van der Waals surface area contributed by atoms with Gasteiger partial charge in [-0.3, -0.25) is 4.79 Å². The van der Waals surface area contributed by atoms with Crippen LogP contribution in [0.4, 0.5) is 13.2 Å². The van der Waals surface area contributed by atoms with Crippen LogP contribution in [0.5, 0.6) is 0 Å². The van der Waals surface area contributed by atoms with E-state index in [2.05, 4.69) is 0 Å². The van der Waals surface area contributed by atoms with Gasteiger partial charge in [-0.05, 0) is 56.2 Å². The summed E-state index contributed by atoms with van der Waals surface area (Å²) in [4.78, 5) is 15.1. The molecule has 2 aliphatic heterocycles. The molecule has 0 aromatic heterocycles. The minimum absolute atomic E-state index is 0.00444. The Morgan fingerprint density at radius 2 is 1.68 bits per heavy atom. The second kappa shape index (κ2) is 9.90. The molecule has 9 heteroatoms. The zero-order valence-corrected chi connectivity index (χ0v) is 18.7. The van der Waals surface area contributed by atoms with Crippen molar-refractivity contribution < 1.29 is 26.4 Å². The number of hydrogen-bond donors (Lipinski definition) is 0. The fourth-order valence-corrected chi connectivity index (χ4v) is 6.19. The summed E-state index contributed by atoms with van der Waals surface area (Å²) in [5.41, 5.74) is 0.0298. The number of carbonyl (C=O) groups excluding carboxylic acids is 1. The molecule has 174 valence electrons. The summed E-state index contributed by atoms with van der Waals surface area (Å²) in [5.74, 6) is -0.104. The molecule has 2 heterocycles. The second-order valence-electron chi connectivity index (χ2n) is 8.51. The van der Waals surface area contributed by atoms with E-state index in [-0.39, 0.29) is 23.6 Å². The van der Waals surface area contributed by atoms with Gasteiger partial charge < -0.3 is 4.90 Å². The topological polar surface area (TPSA) is 57.7 Å². The van der Waals surface area contributed by atoms with Crippen LogP contribution in [0, 0.1) is 5.92 Å². The lowest BCUT2D eigenvalue weighted by atomic mass is 9.90. The number of unbranched alkanes of at least 4 members (excludes halogenated alkanes) is 1. The molecule has 0 bridgehead atoms. The zero-order chi connectivity index (χ0) is 22.6. The molecule has 0 spiro atoms. The summed E-state index contributed by atoms with van der Waals surface area (Å²) in [6, 6.07) is 4.87. The van der Waals surface area contributed by atoms with E-state index in [4.69, 9.17) is 0 Å². The van der Waals surface area contributed by atoms with Gasteiger partial charge in [-0.15, -0.1) is 0 Å². The predicted octanol–water partition coefficient (Wildman–Crippen LogP) is 4.60. The molecule has 1 unspecified atom stereocenters. The number of benzene rings is 1. The highest BCUT2D eigenvalue weighted by Crippen LogP contribution is 2.36. The van der Waals surface area contributed by atoms with Gasteiger partial charge in [0.15, 0.2) is 0 Å². The van der Waals surface area contributed by atoms with Crippen LogP contribution in [0.3, 0.4) is 0 Å². The van der Waals surface area contributed by atoms with Crippen molar-refractivity contribution in [1.82, 2.24) is 9.21 Å². The van der Waals surface area contributed by atoms with E-state index < -0.39 is 21.8 Å². The van der Waals surface area contributed by atoms with Crippen molar-refractivity contribution in [3.05, 3.63) is 35.4 Å². The largest absolute Gasteiger partial charge is 0.416 e. The number of carbonyl (C=O) groups is 1. The predicted molar refractivity (Wildman–Crippen MR) is 113 cm³/mol. The molecule has 1 aromatic carbocycles. The number of alkyl halides is 3. The molecule has 2 aliphatic rings. The monoisotopic (exact) mass is 460 g/mol. The molecule has 0 saturated carbocycles. The number of amides is 1. The molecule has 1 atom stereocenters. The van der Waals surface area contributed by atoms with Crippen molar-refractivity contribution in [3.8, 4) is 0 Å². The maximum absolute atomic E-state index is 13.3. The molecule has 2 fully saturated rings. The van der Waals surface area contributed by atoms with Crippen LogP contribution in [-0.2, 0) is 21.0 Å². The van der Waals surface area contributed by atoms with E-state index in [1.54, 1.807) is 4.90 Å². The smallest absolute Gasteiger partial charge is 0.335 e. The molecule has 1 aromatic rings. The highest BCUT2D eigenvalue weighted by atomic mass is 32.2. The SMILES string of the molecule is CCCCS(=O)(=O)N1CCC(C(=O)N2CCCCC2c2ccc(C(F)(F)F)cc2)CC1. The van der Waals surface area contributed by atoms with Crippen molar-refractivity contribution in [1.29, 1.82) is 0 Å². The van der Waals surface area contributed by atoms with E-state index in [9.17, 15) is 26.4 Å². The van der Waals surface area contributed by atoms with Crippen LogP contribution in [0.25, 0.3) is 0 Å². The molecule has 1 amide bonds. The second-order valence-corrected chi connectivity index (χ2v) is 10.6. The van der Waals surface area contributed by atoms with Crippen LogP contribution >= 0.6 is 0 Å². The molecule has 5 nitrogen and oxygen atoms in total. The van der Waals surface area contributed by atoms with Gasteiger partial charge >= 0.3 is 6.18 Å². The van der Waals surface area contributed by atoms with Crippen LogP contribution in [0.1, 0.15) is 69.0 Å². The van der Waals surface area contributed by atoms with Crippen LogP contribution < -0.4 is 0 Å². The quantitative estimate of drug-likeness (QED) is 0.623. The van der Waals surface area contributed by atoms with Crippen molar-refractivity contribution >= 4 is 15.9 Å². The lowest BCUT2D eigenvalue weighted by molar-refractivity contribution is -0.141. The fourth-order valence-electron chi connectivity index (χ4n) is 4.51. The third-order valence-corrected chi connectivity index (χ3v) is 8.32. The number of sulfonamides is 1. The van der Waals surface area contributed by atoms with Crippen molar-refractivity contribution in [2.75, 3.05) is 25.4 Å². The molecule has 0 N–H and O–H groups in total. The van der Waals surface area contributed by atoms with Crippen molar-refractivity contribution in [3.63, 3.8) is 0 Å². The first-order valence-corrected chi connectivity index (χ1v) is 12.7. The average molecular weight is 461 g/mol. The number of halogens is 3. The normalized spacial score (nSPS) is 21.9. The minimum atomic E-state index is -4.38.